The van der Waals surface area contributed by atoms with Crippen LogP contribution in [0.4, 0.5) is 0 Å². The van der Waals surface area contributed by atoms with Gasteiger partial charge in [-0.3, -0.25) is 9.59 Å². The van der Waals surface area contributed by atoms with E-state index in [9.17, 15) is 9.59 Å². The average Bonchev–Trinajstić information content (AvgIpc) is 2.60. The molecule has 0 N–H and O–H groups in total. The van der Waals surface area contributed by atoms with Gasteiger partial charge in [-0.2, -0.15) is 0 Å². The molecule has 1 aliphatic heterocycles. The number of nitrogens with zero attached hydrogens (tertiary/aromatic N) is 2. The summed E-state index contributed by atoms with van der Waals surface area (Å²) in [4.78, 5) is 25.3. The van der Waals surface area contributed by atoms with E-state index in [0.717, 1.165) is 11.4 Å². The van der Waals surface area contributed by atoms with Gasteiger partial charge in [0, 0.05) is 30.5 Å². The average molecular weight is 250 g/mol. The maximum atomic E-state index is 12.2. The molecule has 2 rings (SSSR count). The second kappa shape index (κ2) is 4.94. The number of morpholine rings is 1. The van der Waals surface area contributed by atoms with E-state index in [1.807, 2.05) is 31.5 Å². The fourth-order valence-corrected chi connectivity index (χ4v) is 2.11. The number of amides is 1. The van der Waals surface area contributed by atoms with Crippen molar-refractivity contribution in [2.45, 2.75) is 13.8 Å². The van der Waals surface area contributed by atoms with Crippen LogP contribution in [0.3, 0.4) is 0 Å². The Morgan fingerprint density at radius 1 is 1.44 bits per heavy atom. The van der Waals surface area contributed by atoms with E-state index in [1.54, 1.807) is 4.90 Å². The largest absolute Gasteiger partial charge is 0.370 e. The molecule has 1 aliphatic rings. The maximum Gasteiger partial charge on any atom is 0.249 e. The summed E-state index contributed by atoms with van der Waals surface area (Å²) in [6.07, 6.45) is 0. The van der Waals surface area contributed by atoms with E-state index in [-0.39, 0.29) is 24.8 Å². The summed E-state index contributed by atoms with van der Waals surface area (Å²) in [6.45, 7) is 5.11. The maximum absolute atomic E-state index is 12.2. The Kier molecular flexibility index (Phi) is 3.52. The van der Waals surface area contributed by atoms with Crippen molar-refractivity contribution in [2.75, 3.05) is 26.3 Å². The van der Waals surface area contributed by atoms with Crippen LogP contribution in [0.25, 0.3) is 0 Å². The van der Waals surface area contributed by atoms with Crippen molar-refractivity contribution in [3.63, 3.8) is 0 Å². The molecule has 98 valence electrons. The second-order valence-electron chi connectivity index (χ2n) is 4.63. The summed E-state index contributed by atoms with van der Waals surface area (Å²) in [6, 6.07) is 1.88. The van der Waals surface area contributed by atoms with E-state index >= 15 is 0 Å². The molecule has 0 bridgehead atoms. The molecule has 1 saturated heterocycles. The second-order valence-corrected chi connectivity index (χ2v) is 4.63. The summed E-state index contributed by atoms with van der Waals surface area (Å²) in [5.41, 5.74) is 2.69. The Labute approximate surface area is 106 Å². The zero-order valence-electron chi connectivity index (χ0n) is 11.0. The minimum atomic E-state index is -0.111. The van der Waals surface area contributed by atoms with Gasteiger partial charge in [0.2, 0.25) is 5.91 Å². The van der Waals surface area contributed by atoms with Crippen molar-refractivity contribution in [1.82, 2.24) is 9.47 Å². The SMILES string of the molecule is Cc1cc(C(=O)CN2CCOCC2=O)c(C)n1C. The lowest BCUT2D eigenvalue weighted by molar-refractivity contribution is -0.141. The van der Waals surface area contributed by atoms with E-state index in [1.165, 1.54) is 0 Å². The van der Waals surface area contributed by atoms with E-state index < -0.39 is 0 Å². The Hall–Kier alpha value is -1.62. The van der Waals surface area contributed by atoms with E-state index in [0.29, 0.717) is 18.7 Å². The predicted molar refractivity (Wildman–Crippen MR) is 66.6 cm³/mol. The number of ketones is 1. The molecule has 0 unspecified atom stereocenters. The number of aromatic nitrogens is 1. The van der Waals surface area contributed by atoms with Crippen LogP contribution in [0.5, 0.6) is 0 Å². The van der Waals surface area contributed by atoms with Gasteiger partial charge in [-0.1, -0.05) is 0 Å². The Morgan fingerprint density at radius 2 is 2.17 bits per heavy atom. The number of rotatable bonds is 3. The number of carbonyl (C=O) groups excluding carboxylic acids is 2. The van der Waals surface area contributed by atoms with E-state index in [4.69, 9.17) is 4.74 Å². The van der Waals surface area contributed by atoms with Gasteiger partial charge in [-0.05, 0) is 19.9 Å². The topological polar surface area (TPSA) is 51.5 Å². The van der Waals surface area contributed by atoms with Crippen LogP contribution in [0.2, 0.25) is 0 Å². The van der Waals surface area contributed by atoms with Gasteiger partial charge in [0.25, 0.3) is 0 Å². The number of carbonyl (C=O) groups is 2. The summed E-state index contributed by atoms with van der Waals surface area (Å²) >= 11 is 0. The van der Waals surface area contributed by atoms with Gasteiger partial charge < -0.3 is 14.2 Å². The summed E-state index contributed by atoms with van der Waals surface area (Å²) in [7, 11) is 1.93. The van der Waals surface area contributed by atoms with Gasteiger partial charge >= 0.3 is 0 Å². The third kappa shape index (κ3) is 2.31. The fourth-order valence-electron chi connectivity index (χ4n) is 2.11. The molecular formula is C13H18N2O3. The van der Waals surface area contributed by atoms with Crippen LogP contribution in [0.15, 0.2) is 6.07 Å². The first-order valence-electron chi connectivity index (χ1n) is 6.02. The van der Waals surface area contributed by atoms with Gasteiger partial charge in [0.05, 0.1) is 13.2 Å². The van der Waals surface area contributed by atoms with Crippen molar-refractivity contribution in [2.24, 2.45) is 7.05 Å². The van der Waals surface area contributed by atoms with Gasteiger partial charge in [-0.25, -0.2) is 0 Å². The van der Waals surface area contributed by atoms with Crippen molar-refractivity contribution in [3.05, 3.63) is 23.0 Å². The lowest BCUT2D eigenvalue weighted by Crippen LogP contribution is -2.44. The van der Waals surface area contributed by atoms with Crippen molar-refractivity contribution < 1.29 is 14.3 Å². The molecule has 0 aliphatic carbocycles. The van der Waals surface area contributed by atoms with Crippen molar-refractivity contribution >= 4 is 11.7 Å². The molecule has 2 heterocycles. The third-order valence-corrected chi connectivity index (χ3v) is 3.49. The molecule has 1 aromatic rings. The van der Waals surface area contributed by atoms with Crippen LogP contribution < -0.4 is 0 Å². The highest BCUT2D eigenvalue weighted by molar-refractivity contribution is 6.00. The fraction of sp³-hybridized carbons (Fsp3) is 0.538. The third-order valence-electron chi connectivity index (χ3n) is 3.49. The molecule has 1 fully saturated rings. The molecule has 0 atom stereocenters. The molecule has 5 nitrogen and oxygen atoms in total. The zero-order valence-corrected chi connectivity index (χ0v) is 11.0. The number of ether oxygens (including phenoxy) is 1. The van der Waals surface area contributed by atoms with Crippen molar-refractivity contribution in [1.29, 1.82) is 0 Å². The van der Waals surface area contributed by atoms with Crippen LogP contribution in [-0.2, 0) is 16.6 Å². The first kappa shape index (κ1) is 12.8. The Bertz CT molecular complexity index is 491. The lowest BCUT2D eigenvalue weighted by Gasteiger charge is -2.25. The molecule has 0 saturated carbocycles. The highest BCUT2D eigenvalue weighted by Crippen LogP contribution is 2.14. The number of hydrogen-bond donors (Lipinski definition) is 0. The molecule has 18 heavy (non-hydrogen) atoms. The molecule has 5 heteroatoms. The summed E-state index contributed by atoms with van der Waals surface area (Å²) in [5.74, 6) is -0.119. The van der Waals surface area contributed by atoms with Crippen LogP contribution >= 0.6 is 0 Å². The quantitative estimate of drug-likeness (QED) is 0.741. The summed E-state index contributed by atoms with van der Waals surface area (Å²) < 4.78 is 7.02. The molecule has 0 spiro atoms. The van der Waals surface area contributed by atoms with Crippen LogP contribution in [0, 0.1) is 13.8 Å². The minimum Gasteiger partial charge on any atom is -0.370 e. The smallest absolute Gasteiger partial charge is 0.249 e. The van der Waals surface area contributed by atoms with Crippen LogP contribution in [-0.4, -0.2) is 47.5 Å². The molecule has 0 radical (unpaired) electrons. The number of hydrogen-bond acceptors (Lipinski definition) is 3. The minimum absolute atomic E-state index is 0.00792. The molecular weight excluding hydrogens is 232 g/mol. The van der Waals surface area contributed by atoms with Crippen LogP contribution in [0.1, 0.15) is 21.7 Å². The van der Waals surface area contributed by atoms with Crippen molar-refractivity contribution in [3.8, 4) is 0 Å². The first-order chi connectivity index (χ1) is 8.50. The number of Topliss-reactive ketones (excluding diaryl/α,β-unsaturated/α-hetero) is 1. The number of aryl methyl sites for hydroxylation is 1. The highest BCUT2D eigenvalue weighted by atomic mass is 16.5. The predicted octanol–water partition coefficient (Wildman–Crippen LogP) is 0.683. The Morgan fingerprint density at radius 3 is 2.72 bits per heavy atom. The summed E-state index contributed by atoms with van der Waals surface area (Å²) in [5, 5.41) is 0. The lowest BCUT2D eigenvalue weighted by atomic mass is 10.1. The Balaban J connectivity index is 2.12. The van der Waals surface area contributed by atoms with Gasteiger partial charge in [-0.15, -0.1) is 0 Å². The highest BCUT2D eigenvalue weighted by Gasteiger charge is 2.23. The first-order valence-corrected chi connectivity index (χ1v) is 6.02. The molecule has 1 amide bonds. The molecule has 1 aromatic heterocycles. The van der Waals surface area contributed by atoms with Gasteiger partial charge in [0.15, 0.2) is 5.78 Å². The molecule has 0 aromatic carbocycles. The van der Waals surface area contributed by atoms with E-state index in [2.05, 4.69) is 0 Å². The standard InChI is InChI=1S/C13H18N2O3/c1-9-6-11(10(2)14(9)3)12(16)7-15-4-5-18-8-13(15)17/h6H,4-5,7-8H2,1-3H3. The monoisotopic (exact) mass is 250 g/mol. The zero-order chi connectivity index (χ0) is 13.3. The van der Waals surface area contributed by atoms with Gasteiger partial charge in [0.1, 0.15) is 6.61 Å². The normalized spacial score (nSPS) is 16.2.